The van der Waals surface area contributed by atoms with Crippen LogP contribution in [0.1, 0.15) is 11.4 Å². The molecule has 2 aromatic heterocycles. The van der Waals surface area contributed by atoms with Crippen LogP contribution in [0.25, 0.3) is 10.9 Å². The maximum absolute atomic E-state index is 12.1. The Morgan fingerprint density at radius 2 is 1.76 bits per heavy atom. The van der Waals surface area contributed by atoms with Crippen LogP contribution in [0.15, 0.2) is 71.8 Å². The summed E-state index contributed by atoms with van der Waals surface area (Å²) in [6.45, 7) is 0.874. The van der Waals surface area contributed by atoms with Crippen LogP contribution in [-0.2, 0) is 13.2 Å². The fraction of sp³-hybridized carbons (Fsp3) is 0.136. The van der Waals surface area contributed by atoms with Crippen LogP contribution in [-0.4, -0.2) is 22.1 Å². The molecule has 4 aromatic rings. The number of methoxy groups -OCH3 is 1. The van der Waals surface area contributed by atoms with Crippen molar-refractivity contribution < 1.29 is 9.47 Å². The number of aromatic nitrogens is 3. The van der Waals surface area contributed by atoms with Gasteiger partial charge in [-0.15, -0.1) is 0 Å². The Balaban J connectivity index is 1.35. The topological polar surface area (TPSA) is 89.1 Å². The first-order valence-electron chi connectivity index (χ1n) is 9.14. The van der Waals surface area contributed by atoms with E-state index < -0.39 is 0 Å². The number of fused-ring (bicyclic) bond motifs is 1. The Labute approximate surface area is 167 Å². The molecule has 2 heterocycles. The number of H-pyrrole nitrogens is 1. The van der Waals surface area contributed by atoms with Crippen molar-refractivity contribution in [2.75, 3.05) is 12.4 Å². The number of pyridine rings is 1. The van der Waals surface area contributed by atoms with Gasteiger partial charge in [-0.05, 0) is 48.0 Å². The van der Waals surface area contributed by atoms with Crippen molar-refractivity contribution in [1.82, 2.24) is 15.0 Å². The standard InChI is InChI=1S/C22H20N4O3/c1-28-17-6-2-15(3-7-17)14-29-18-8-4-16(5-9-18)24-13-21-25-20-12-23-11-10-19(20)22(27)26-21/h2-12,24H,13-14H2,1H3,(H,25,26,27). The third kappa shape index (κ3) is 4.52. The first kappa shape index (κ1) is 18.5. The van der Waals surface area contributed by atoms with E-state index >= 15 is 0 Å². The molecule has 0 unspecified atom stereocenters. The van der Waals surface area contributed by atoms with Crippen molar-refractivity contribution >= 4 is 16.6 Å². The number of anilines is 1. The second kappa shape index (κ2) is 8.43. The third-order valence-corrected chi connectivity index (χ3v) is 4.44. The van der Waals surface area contributed by atoms with Crippen LogP contribution in [0.5, 0.6) is 11.5 Å². The molecule has 0 amide bonds. The van der Waals surface area contributed by atoms with Crippen LogP contribution < -0.4 is 20.3 Å². The molecule has 0 saturated carbocycles. The lowest BCUT2D eigenvalue weighted by atomic mass is 10.2. The number of nitrogens with zero attached hydrogens (tertiary/aromatic N) is 2. The van der Waals surface area contributed by atoms with Gasteiger partial charge in [0.25, 0.3) is 5.56 Å². The molecule has 7 heteroatoms. The van der Waals surface area contributed by atoms with E-state index in [4.69, 9.17) is 9.47 Å². The highest BCUT2D eigenvalue weighted by Gasteiger charge is 2.04. The van der Waals surface area contributed by atoms with Gasteiger partial charge >= 0.3 is 0 Å². The summed E-state index contributed by atoms with van der Waals surface area (Å²) in [6.07, 6.45) is 3.17. The molecule has 0 aliphatic heterocycles. The summed E-state index contributed by atoms with van der Waals surface area (Å²) in [6, 6.07) is 17.1. The quantitative estimate of drug-likeness (QED) is 0.504. The van der Waals surface area contributed by atoms with E-state index in [1.807, 2.05) is 48.5 Å². The predicted molar refractivity (Wildman–Crippen MR) is 111 cm³/mol. The van der Waals surface area contributed by atoms with Gasteiger partial charge in [-0.2, -0.15) is 0 Å². The van der Waals surface area contributed by atoms with Gasteiger partial charge < -0.3 is 19.8 Å². The molecule has 2 aromatic carbocycles. The van der Waals surface area contributed by atoms with Crippen LogP contribution >= 0.6 is 0 Å². The lowest BCUT2D eigenvalue weighted by Gasteiger charge is -2.09. The summed E-state index contributed by atoms with van der Waals surface area (Å²) in [5, 5.41) is 3.77. The monoisotopic (exact) mass is 388 g/mol. The number of aromatic amines is 1. The molecular weight excluding hydrogens is 368 g/mol. The van der Waals surface area contributed by atoms with Crippen molar-refractivity contribution in [3.8, 4) is 11.5 Å². The number of rotatable bonds is 7. The normalized spacial score (nSPS) is 10.7. The average Bonchev–Trinajstić information content (AvgIpc) is 2.77. The lowest BCUT2D eigenvalue weighted by molar-refractivity contribution is 0.306. The number of ether oxygens (including phenoxy) is 2. The van der Waals surface area contributed by atoms with Crippen LogP contribution in [0.4, 0.5) is 5.69 Å². The molecule has 0 aliphatic rings. The van der Waals surface area contributed by atoms with Crippen LogP contribution in [0, 0.1) is 0 Å². The first-order chi connectivity index (χ1) is 14.2. The Morgan fingerprint density at radius 1 is 1.00 bits per heavy atom. The summed E-state index contributed by atoms with van der Waals surface area (Å²) in [5.74, 6) is 2.15. The minimum atomic E-state index is -0.170. The van der Waals surface area contributed by atoms with Gasteiger partial charge in [0.2, 0.25) is 0 Å². The zero-order chi connectivity index (χ0) is 20.1. The average molecular weight is 388 g/mol. The Morgan fingerprint density at radius 3 is 2.52 bits per heavy atom. The molecule has 4 rings (SSSR count). The highest BCUT2D eigenvalue weighted by atomic mass is 16.5. The van der Waals surface area contributed by atoms with Gasteiger partial charge in [-0.3, -0.25) is 9.78 Å². The third-order valence-electron chi connectivity index (χ3n) is 4.44. The molecule has 29 heavy (non-hydrogen) atoms. The second-order valence-electron chi connectivity index (χ2n) is 6.42. The van der Waals surface area contributed by atoms with Crippen molar-refractivity contribution in [3.63, 3.8) is 0 Å². The highest BCUT2D eigenvalue weighted by molar-refractivity contribution is 5.75. The number of benzene rings is 2. The van der Waals surface area contributed by atoms with E-state index in [1.54, 1.807) is 25.6 Å². The van der Waals surface area contributed by atoms with Gasteiger partial charge in [-0.25, -0.2) is 4.98 Å². The zero-order valence-corrected chi connectivity index (χ0v) is 15.9. The van der Waals surface area contributed by atoms with E-state index in [0.29, 0.717) is 29.9 Å². The molecule has 7 nitrogen and oxygen atoms in total. The zero-order valence-electron chi connectivity index (χ0n) is 15.9. The van der Waals surface area contributed by atoms with Crippen molar-refractivity contribution in [2.24, 2.45) is 0 Å². The first-order valence-corrected chi connectivity index (χ1v) is 9.14. The summed E-state index contributed by atoms with van der Waals surface area (Å²) >= 11 is 0. The molecule has 0 aliphatic carbocycles. The Bertz CT molecular complexity index is 1160. The van der Waals surface area contributed by atoms with Gasteiger partial charge in [0.1, 0.15) is 23.9 Å². The summed E-state index contributed by atoms with van der Waals surface area (Å²) < 4.78 is 11.0. The molecule has 0 saturated heterocycles. The molecule has 0 bridgehead atoms. The van der Waals surface area contributed by atoms with Gasteiger partial charge in [-0.1, -0.05) is 12.1 Å². The van der Waals surface area contributed by atoms with E-state index in [0.717, 1.165) is 22.7 Å². The summed E-state index contributed by atoms with van der Waals surface area (Å²) in [7, 11) is 1.64. The Kier molecular flexibility index (Phi) is 5.38. The maximum Gasteiger partial charge on any atom is 0.258 e. The van der Waals surface area contributed by atoms with Crippen molar-refractivity contribution in [3.05, 3.63) is 88.7 Å². The summed E-state index contributed by atoms with van der Waals surface area (Å²) in [5.41, 5.74) is 2.37. The fourth-order valence-electron chi connectivity index (χ4n) is 2.87. The maximum atomic E-state index is 12.1. The number of hydrogen-bond donors (Lipinski definition) is 2. The van der Waals surface area contributed by atoms with Gasteiger partial charge in [0, 0.05) is 11.9 Å². The molecule has 0 atom stereocenters. The minimum Gasteiger partial charge on any atom is -0.497 e. The highest BCUT2D eigenvalue weighted by Crippen LogP contribution is 2.18. The molecule has 0 radical (unpaired) electrons. The lowest BCUT2D eigenvalue weighted by Crippen LogP contribution is -2.14. The van der Waals surface area contributed by atoms with E-state index in [9.17, 15) is 4.79 Å². The van der Waals surface area contributed by atoms with E-state index in [1.165, 1.54) is 0 Å². The van der Waals surface area contributed by atoms with Crippen molar-refractivity contribution in [1.29, 1.82) is 0 Å². The smallest absolute Gasteiger partial charge is 0.258 e. The SMILES string of the molecule is COc1ccc(COc2ccc(NCc3nc4cnccc4c(=O)[nH]3)cc2)cc1. The largest absolute Gasteiger partial charge is 0.497 e. The second-order valence-corrected chi connectivity index (χ2v) is 6.42. The molecular formula is C22H20N4O3. The fourth-order valence-corrected chi connectivity index (χ4v) is 2.87. The summed E-state index contributed by atoms with van der Waals surface area (Å²) in [4.78, 5) is 23.3. The predicted octanol–water partition coefficient (Wildman–Crippen LogP) is 3.52. The van der Waals surface area contributed by atoms with E-state index in [2.05, 4.69) is 20.3 Å². The molecule has 146 valence electrons. The van der Waals surface area contributed by atoms with Gasteiger partial charge in [0.05, 0.1) is 30.8 Å². The van der Waals surface area contributed by atoms with Crippen LogP contribution in [0.2, 0.25) is 0 Å². The van der Waals surface area contributed by atoms with E-state index in [-0.39, 0.29) is 5.56 Å². The van der Waals surface area contributed by atoms with Crippen molar-refractivity contribution in [2.45, 2.75) is 13.2 Å². The Hall–Kier alpha value is -3.87. The molecule has 0 spiro atoms. The van der Waals surface area contributed by atoms with Crippen LogP contribution in [0.3, 0.4) is 0 Å². The molecule has 0 fully saturated rings. The minimum absolute atomic E-state index is 0.170. The van der Waals surface area contributed by atoms with Gasteiger partial charge in [0.15, 0.2) is 0 Å². The molecule has 2 N–H and O–H groups in total. The number of hydrogen-bond acceptors (Lipinski definition) is 6. The number of nitrogens with one attached hydrogen (secondary N) is 2.